The fourth-order valence-corrected chi connectivity index (χ4v) is 2.54. The minimum Gasteiger partial charge on any atom is -0.490 e. The van der Waals surface area contributed by atoms with Crippen molar-refractivity contribution in [3.63, 3.8) is 0 Å². The van der Waals surface area contributed by atoms with Gasteiger partial charge in [0, 0.05) is 43.8 Å². The van der Waals surface area contributed by atoms with Gasteiger partial charge in [-0.1, -0.05) is 6.58 Å². The van der Waals surface area contributed by atoms with Gasteiger partial charge >= 0.3 is 0 Å². The number of aryl methyl sites for hydroxylation is 1. The second-order valence-corrected chi connectivity index (χ2v) is 7.20. The van der Waals surface area contributed by atoms with Gasteiger partial charge in [-0.2, -0.15) is 10.2 Å². The number of thiol groups is 1. The summed E-state index contributed by atoms with van der Waals surface area (Å²) in [4.78, 5) is 16.3. The molecule has 0 N–H and O–H groups in total. The zero-order valence-electron chi connectivity index (χ0n) is 18.1. The van der Waals surface area contributed by atoms with Crippen LogP contribution in [0, 0.1) is 6.92 Å². The van der Waals surface area contributed by atoms with Crippen LogP contribution in [0.5, 0.6) is 5.75 Å². The predicted octanol–water partition coefficient (Wildman–Crippen LogP) is 3.12. The molecule has 164 valence electrons. The number of aromatic nitrogens is 3. The highest BCUT2D eigenvalue weighted by Crippen LogP contribution is 2.20. The van der Waals surface area contributed by atoms with Crippen LogP contribution in [-0.4, -0.2) is 60.4 Å². The molecule has 9 heteroatoms. The van der Waals surface area contributed by atoms with Crippen molar-refractivity contribution in [3.8, 4) is 5.75 Å². The van der Waals surface area contributed by atoms with E-state index in [1.54, 1.807) is 37.7 Å². The fraction of sp³-hybridized carbons (Fsp3) is 0.273. The average molecular weight is 442 g/mol. The van der Waals surface area contributed by atoms with Crippen LogP contribution in [0.15, 0.2) is 64.1 Å². The Hall–Kier alpha value is -3.17. The Morgan fingerprint density at radius 1 is 1.29 bits per heavy atom. The molecule has 0 bridgehead atoms. The van der Waals surface area contributed by atoms with Gasteiger partial charge in [0.2, 0.25) is 5.43 Å². The molecule has 0 radical (unpaired) electrons. The zero-order chi connectivity index (χ0) is 22.8. The molecule has 3 rings (SSSR count). The van der Waals surface area contributed by atoms with E-state index in [0.29, 0.717) is 24.6 Å². The minimum absolute atomic E-state index is 0.0800. The molecule has 3 aromatic rings. The Kier molecular flexibility index (Phi) is 9.23. The van der Waals surface area contributed by atoms with Gasteiger partial charge in [-0.25, -0.2) is 4.68 Å². The van der Waals surface area contributed by atoms with Gasteiger partial charge in [-0.15, -0.1) is 12.6 Å². The van der Waals surface area contributed by atoms with E-state index in [9.17, 15) is 4.79 Å². The molecule has 0 saturated carbocycles. The molecular weight excluding hydrogens is 414 g/mol. The minimum atomic E-state index is -0.0800. The smallest absolute Gasteiger partial charge is 0.203 e. The fourth-order valence-electron chi connectivity index (χ4n) is 2.32. The Labute approximate surface area is 187 Å². The summed E-state index contributed by atoms with van der Waals surface area (Å²) in [6.07, 6.45) is 4.87. The molecule has 0 amide bonds. The van der Waals surface area contributed by atoms with Crippen molar-refractivity contribution in [3.05, 3.63) is 65.2 Å². The predicted molar refractivity (Wildman–Crippen MR) is 127 cm³/mol. The highest BCUT2D eigenvalue weighted by Gasteiger charge is 2.00. The lowest BCUT2D eigenvalue weighted by molar-refractivity contribution is 0.146. The number of rotatable bonds is 7. The third kappa shape index (κ3) is 7.88. The Bertz CT molecular complexity index is 1110. The van der Waals surface area contributed by atoms with E-state index in [0.717, 1.165) is 21.5 Å². The second-order valence-electron chi connectivity index (χ2n) is 6.68. The molecule has 0 spiro atoms. The quantitative estimate of drug-likeness (QED) is 0.263. The molecule has 0 saturated heterocycles. The number of allylic oxidation sites excluding steroid dienone is 1. The third-order valence-electron chi connectivity index (χ3n) is 3.91. The third-order valence-corrected chi connectivity index (χ3v) is 4.19. The monoisotopic (exact) mass is 441 g/mol. The van der Waals surface area contributed by atoms with E-state index < -0.39 is 0 Å². The maximum Gasteiger partial charge on any atom is 0.203 e. The van der Waals surface area contributed by atoms with Crippen molar-refractivity contribution in [1.29, 1.82) is 0 Å². The molecule has 0 aliphatic carbocycles. The van der Waals surface area contributed by atoms with Crippen LogP contribution in [0.4, 0.5) is 0 Å². The van der Waals surface area contributed by atoms with Gasteiger partial charge in [0.25, 0.3) is 0 Å². The van der Waals surface area contributed by atoms with Crippen molar-refractivity contribution in [2.75, 3.05) is 34.4 Å². The summed E-state index contributed by atoms with van der Waals surface area (Å²) in [7, 11) is 5.27. The van der Waals surface area contributed by atoms with Crippen molar-refractivity contribution < 1.29 is 9.47 Å². The topological polar surface area (TPSA) is 81.8 Å². The zero-order valence-corrected chi connectivity index (χ0v) is 19.0. The molecule has 0 unspecified atom stereocenters. The molecule has 8 nitrogen and oxygen atoms in total. The van der Waals surface area contributed by atoms with Crippen molar-refractivity contribution in [2.24, 2.45) is 5.10 Å². The normalized spacial score (nSPS) is 10.6. The summed E-state index contributed by atoms with van der Waals surface area (Å²) in [6.45, 7) is 6.56. The van der Waals surface area contributed by atoms with Crippen LogP contribution >= 0.6 is 12.6 Å². The molecule has 2 aromatic heterocycles. The lowest BCUT2D eigenvalue weighted by Crippen LogP contribution is -2.14. The average Bonchev–Trinajstić information content (AvgIpc) is 2.74. The molecule has 0 atom stereocenters. The summed E-state index contributed by atoms with van der Waals surface area (Å²) < 4.78 is 11.9. The van der Waals surface area contributed by atoms with Crippen LogP contribution in [0.2, 0.25) is 0 Å². The van der Waals surface area contributed by atoms with E-state index in [-0.39, 0.29) is 5.43 Å². The lowest BCUT2D eigenvalue weighted by atomic mass is 10.2. The number of hydrogen-bond donors (Lipinski definition) is 1. The van der Waals surface area contributed by atoms with E-state index in [1.807, 2.05) is 38.4 Å². The number of hydrazone groups is 1. The Balaban J connectivity index is 0.000000221. The van der Waals surface area contributed by atoms with E-state index in [4.69, 9.17) is 9.47 Å². The number of nitrogens with zero attached hydrogens (tertiary/aromatic N) is 5. The van der Waals surface area contributed by atoms with Crippen LogP contribution in [-0.2, 0) is 4.74 Å². The summed E-state index contributed by atoms with van der Waals surface area (Å²) in [5.41, 5.74) is 1.91. The summed E-state index contributed by atoms with van der Waals surface area (Å²) in [5, 5.41) is 10.8. The molecule has 0 fully saturated rings. The van der Waals surface area contributed by atoms with Gasteiger partial charge in [0.15, 0.2) is 0 Å². The van der Waals surface area contributed by atoms with Crippen molar-refractivity contribution in [2.45, 2.75) is 11.8 Å². The first-order chi connectivity index (χ1) is 14.8. The summed E-state index contributed by atoms with van der Waals surface area (Å²) >= 11 is 4.29. The van der Waals surface area contributed by atoms with Gasteiger partial charge in [0.05, 0.1) is 30.2 Å². The molecular formula is C22H27N5O3S. The van der Waals surface area contributed by atoms with Crippen LogP contribution < -0.4 is 10.2 Å². The van der Waals surface area contributed by atoms with Gasteiger partial charge < -0.3 is 14.5 Å². The number of ether oxygens (including phenoxy) is 2. The van der Waals surface area contributed by atoms with E-state index >= 15 is 0 Å². The van der Waals surface area contributed by atoms with Crippen LogP contribution in [0.3, 0.4) is 0 Å². The molecule has 0 aliphatic heterocycles. The number of benzene rings is 1. The summed E-state index contributed by atoms with van der Waals surface area (Å²) in [5.74, 6) is 0.753. The molecule has 31 heavy (non-hydrogen) atoms. The largest absolute Gasteiger partial charge is 0.490 e. The first kappa shape index (κ1) is 24.1. The lowest BCUT2D eigenvalue weighted by Gasteiger charge is -2.06. The molecule has 0 aliphatic rings. The number of fused-ring (bicyclic) bond motifs is 1. The maximum absolute atomic E-state index is 11.1. The number of pyridine rings is 1. The number of methoxy groups -OCH3 is 1. The molecule has 1 aromatic carbocycles. The Morgan fingerprint density at radius 3 is 2.74 bits per heavy atom. The first-order valence-corrected chi connectivity index (χ1v) is 9.92. The van der Waals surface area contributed by atoms with Crippen LogP contribution in [0.1, 0.15) is 5.69 Å². The Morgan fingerprint density at radius 2 is 2.06 bits per heavy atom. The van der Waals surface area contributed by atoms with Crippen molar-refractivity contribution in [1.82, 2.24) is 19.8 Å². The number of hydrogen-bond acceptors (Lipinski definition) is 8. The van der Waals surface area contributed by atoms with Crippen molar-refractivity contribution >= 4 is 35.4 Å². The van der Waals surface area contributed by atoms with Gasteiger partial charge in [-0.3, -0.25) is 9.78 Å². The second kappa shape index (κ2) is 11.9. The highest BCUT2D eigenvalue weighted by molar-refractivity contribution is 7.80. The van der Waals surface area contributed by atoms with Gasteiger partial charge in [0.1, 0.15) is 18.1 Å². The van der Waals surface area contributed by atoms with E-state index in [1.165, 1.54) is 10.7 Å². The van der Waals surface area contributed by atoms with Crippen LogP contribution in [0.25, 0.3) is 16.6 Å². The summed E-state index contributed by atoms with van der Waals surface area (Å²) in [6, 6.07) is 9.24. The molecule has 2 heterocycles. The SMILES string of the molecule is C=C(/C=N\N(C)C)n1ccc(=O)c(C)n1.COCCOc1cnc2ccc(S)cc2c1. The van der Waals surface area contributed by atoms with E-state index in [2.05, 4.69) is 34.4 Å². The highest BCUT2D eigenvalue weighted by atomic mass is 32.1. The standard InChI is InChI=1S/C12H13NO2S.C10H14N4O/c1-14-4-5-15-10-6-9-7-11(16)2-3-12(9)13-8-10;1-8(7-11-13(3)4)14-6-5-10(15)9(2)12-14/h2-3,6-8,16H,4-5H2,1H3;5-7H,1H2,2-4H3/b;11-7-. The maximum atomic E-state index is 11.1. The van der Waals surface area contributed by atoms with Gasteiger partial charge in [-0.05, 0) is 31.2 Å². The first-order valence-electron chi connectivity index (χ1n) is 9.48.